The lowest BCUT2D eigenvalue weighted by atomic mass is 10.1. The lowest BCUT2D eigenvalue weighted by molar-refractivity contribution is 0.0744. The van der Waals surface area contributed by atoms with Gasteiger partial charge in [-0.25, -0.2) is 0 Å². The minimum absolute atomic E-state index is 0.0206. The zero-order valence-electron chi connectivity index (χ0n) is 10.4. The number of hydrogen-bond acceptors (Lipinski definition) is 3. The second-order valence-electron chi connectivity index (χ2n) is 4.23. The number of hydrogen-bond donors (Lipinski definition) is 2. The zero-order chi connectivity index (χ0) is 12.8. The number of carbonyl (C=O) groups excluding carboxylic acids is 1. The summed E-state index contributed by atoms with van der Waals surface area (Å²) in [6.45, 7) is 5.85. The molecule has 0 heterocycles. The highest BCUT2D eigenvalue weighted by Crippen LogP contribution is 2.12. The van der Waals surface area contributed by atoms with Crippen molar-refractivity contribution < 1.29 is 9.90 Å². The Morgan fingerprint density at radius 3 is 2.47 bits per heavy atom. The molecule has 0 aliphatic carbocycles. The van der Waals surface area contributed by atoms with Crippen molar-refractivity contribution in [2.75, 3.05) is 19.6 Å². The number of amides is 1. The van der Waals surface area contributed by atoms with E-state index in [1.807, 2.05) is 13.8 Å². The Labute approximate surface area is 102 Å². The summed E-state index contributed by atoms with van der Waals surface area (Å²) in [4.78, 5) is 13.9. The fourth-order valence-corrected chi connectivity index (χ4v) is 1.59. The van der Waals surface area contributed by atoms with Crippen LogP contribution in [0, 0.1) is 5.92 Å². The summed E-state index contributed by atoms with van der Waals surface area (Å²) in [7, 11) is 0. The van der Waals surface area contributed by atoms with Gasteiger partial charge in [-0.15, -0.1) is 0 Å². The van der Waals surface area contributed by atoms with Crippen molar-refractivity contribution in [3.8, 4) is 5.75 Å². The molecule has 0 saturated heterocycles. The van der Waals surface area contributed by atoms with E-state index in [0.717, 1.165) is 0 Å². The first-order valence-electron chi connectivity index (χ1n) is 5.86. The minimum Gasteiger partial charge on any atom is -0.508 e. The van der Waals surface area contributed by atoms with Crippen molar-refractivity contribution in [3.05, 3.63) is 29.8 Å². The maximum atomic E-state index is 12.1. The van der Waals surface area contributed by atoms with Crippen LogP contribution < -0.4 is 5.73 Å². The number of nitrogens with zero attached hydrogens (tertiary/aromatic N) is 1. The van der Waals surface area contributed by atoms with Gasteiger partial charge in [-0.05, 0) is 43.7 Å². The van der Waals surface area contributed by atoms with E-state index in [9.17, 15) is 9.90 Å². The van der Waals surface area contributed by atoms with Crippen molar-refractivity contribution in [1.29, 1.82) is 0 Å². The Morgan fingerprint density at radius 2 is 2.00 bits per heavy atom. The Balaban J connectivity index is 2.75. The molecule has 17 heavy (non-hydrogen) atoms. The van der Waals surface area contributed by atoms with Crippen LogP contribution in [0.1, 0.15) is 24.2 Å². The van der Waals surface area contributed by atoms with E-state index >= 15 is 0 Å². The molecule has 4 heteroatoms. The van der Waals surface area contributed by atoms with Crippen LogP contribution in [-0.4, -0.2) is 35.5 Å². The molecule has 1 amide bonds. The van der Waals surface area contributed by atoms with Gasteiger partial charge in [0.15, 0.2) is 0 Å². The summed E-state index contributed by atoms with van der Waals surface area (Å²) < 4.78 is 0. The summed E-state index contributed by atoms with van der Waals surface area (Å²) in [6.07, 6.45) is 0. The third-order valence-electron chi connectivity index (χ3n) is 2.72. The number of aromatic hydroxyl groups is 1. The molecule has 94 valence electrons. The summed E-state index contributed by atoms with van der Waals surface area (Å²) in [5, 5.41) is 9.18. The maximum Gasteiger partial charge on any atom is 0.253 e. The molecule has 1 atom stereocenters. The molecule has 1 unspecified atom stereocenters. The number of nitrogens with two attached hydrogens (primary N) is 1. The predicted octanol–water partition coefficient (Wildman–Crippen LogP) is 1.45. The zero-order valence-corrected chi connectivity index (χ0v) is 10.4. The lowest BCUT2D eigenvalue weighted by Crippen LogP contribution is -2.36. The fraction of sp³-hybridized carbons (Fsp3) is 0.462. The molecular weight excluding hydrogens is 216 g/mol. The Hall–Kier alpha value is -1.55. The van der Waals surface area contributed by atoms with Crippen LogP contribution in [0.5, 0.6) is 5.75 Å². The average molecular weight is 236 g/mol. The van der Waals surface area contributed by atoms with Crippen LogP contribution >= 0.6 is 0 Å². The number of rotatable bonds is 5. The van der Waals surface area contributed by atoms with Crippen LogP contribution in [0.25, 0.3) is 0 Å². The van der Waals surface area contributed by atoms with E-state index in [4.69, 9.17) is 5.73 Å². The number of phenolic OH excluding ortho intramolecular Hbond substituents is 1. The second kappa shape index (κ2) is 6.25. The highest BCUT2D eigenvalue weighted by molar-refractivity contribution is 5.94. The predicted molar refractivity (Wildman–Crippen MR) is 67.9 cm³/mol. The normalized spacial score (nSPS) is 12.2. The molecule has 0 radical (unpaired) electrons. The van der Waals surface area contributed by atoms with Crippen molar-refractivity contribution in [2.45, 2.75) is 13.8 Å². The molecule has 3 N–H and O–H groups in total. The van der Waals surface area contributed by atoms with Crippen LogP contribution in [-0.2, 0) is 0 Å². The Bertz CT molecular complexity index is 362. The highest BCUT2D eigenvalue weighted by atomic mass is 16.3. The highest BCUT2D eigenvalue weighted by Gasteiger charge is 2.15. The topological polar surface area (TPSA) is 66.6 Å². The van der Waals surface area contributed by atoms with E-state index in [-0.39, 0.29) is 17.6 Å². The number of benzene rings is 1. The quantitative estimate of drug-likeness (QED) is 0.813. The number of carbonyl (C=O) groups is 1. The smallest absolute Gasteiger partial charge is 0.253 e. The average Bonchev–Trinajstić information content (AvgIpc) is 2.35. The first kappa shape index (κ1) is 13.5. The first-order valence-corrected chi connectivity index (χ1v) is 5.86. The van der Waals surface area contributed by atoms with Crippen LogP contribution in [0.4, 0.5) is 0 Å². The van der Waals surface area contributed by atoms with Gasteiger partial charge in [0.2, 0.25) is 0 Å². The van der Waals surface area contributed by atoms with Gasteiger partial charge in [0.1, 0.15) is 5.75 Å². The molecule has 4 nitrogen and oxygen atoms in total. The van der Waals surface area contributed by atoms with Crippen molar-refractivity contribution in [2.24, 2.45) is 11.7 Å². The van der Waals surface area contributed by atoms with Gasteiger partial charge in [0.05, 0.1) is 0 Å². The third kappa shape index (κ3) is 3.75. The molecule has 1 aromatic carbocycles. The molecule has 0 spiro atoms. The summed E-state index contributed by atoms with van der Waals surface area (Å²) in [5.74, 6) is 0.434. The number of phenols is 1. The Morgan fingerprint density at radius 1 is 1.41 bits per heavy atom. The molecule has 1 rings (SSSR count). The Kier molecular flexibility index (Phi) is 4.97. The molecule has 0 aliphatic rings. The van der Waals surface area contributed by atoms with E-state index in [1.165, 1.54) is 12.1 Å². The van der Waals surface area contributed by atoms with Crippen LogP contribution in [0.3, 0.4) is 0 Å². The third-order valence-corrected chi connectivity index (χ3v) is 2.72. The second-order valence-corrected chi connectivity index (χ2v) is 4.23. The standard InChI is InChI=1S/C13H20N2O2/c1-3-15(9-10(2)8-14)13(17)11-4-6-12(16)7-5-11/h4-7,10,16H,3,8-9,14H2,1-2H3. The molecule has 0 aliphatic heterocycles. The SMILES string of the molecule is CCN(CC(C)CN)C(=O)c1ccc(O)cc1. The lowest BCUT2D eigenvalue weighted by Gasteiger charge is -2.24. The van der Waals surface area contributed by atoms with Gasteiger partial charge >= 0.3 is 0 Å². The summed E-state index contributed by atoms with van der Waals surface area (Å²) >= 11 is 0. The van der Waals surface area contributed by atoms with Crippen molar-refractivity contribution >= 4 is 5.91 Å². The maximum absolute atomic E-state index is 12.1. The summed E-state index contributed by atoms with van der Waals surface area (Å²) in [6, 6.07) is 6.31. The first-order chi connectivity index (χ1) is 8.08. The monoisotopic (exact) mass is 236 g/mol. The summed E-state index contributed by atoms with van der Waals surface area (Å²) in [5.41, 5.74) is 6.15. The van der Waals surface area contributed by atoms with Crippen molar-refractivity contribution in [1.82, 2.24) is 4.90 Å². The molecule has 0 bridgehead atoms. The van der Waals surface area contributed by atoms with Gasteiger partial charge in [0, 0.05) is 18.7 Å². The molecule has 0 fully saturated rings. The minimum atomic E-state index is -0.0206. The van der Waals surface area contributed by atoms with Crippen molar-refractivity contribution in [3.63, 3.8) is 0 Å². The molecule has 0 aromatic heterocycles. The molecular formula is C13H20N2O2. The molecule has 0 saturated carbocycles. The van der Waals surface area contributed by atoms with E-state index in [1.54, 1.807) is 17.0 Å². The largest absolute Gasteiger partial charge is 0.508 e. The van der Waals surface area contributed by atoms with Crippen LogP contribution in [0.15, 0.2) is 24.3 Å². The van der Waals surface area contributed by atoms with Gasteiger partial charge < -0.3 is 15.7 Å². The van der Waals surface area contributed by atoms with E-state index in [0.29, 0.717) is 25.2 Å². The van der Waals surface area contributed by atoms with E-state index < -0.39 is 0 Å². The van der Waals surface area contributed by atoms with Gasteiger partial charge in [-0.2, -0.15) is 0 Å². The van der Waals surface area contributed by atoms with Gasteiger partial charge in [-0.3, -0.25) is 4.79 Å². The van der Waals surface area contributed by atoms with E-state index in [2.05, 4.69) is 0 Å². The van der Waals surface area contributed by atoms with Gasteiger partial charge in [0.25, 0.3) is 5.91 Å². The fourth-order valence-electron chi connectivity index (χ4n) is 1.59. The van der Waals surface area contributed by atoms with Gasteiger partial charge in [-0.1, -0.05) is 6.92 Å². The van der Waals surface area contributed by atoms with Crippen LogP contribution in [0.2, 0.25) is 0 Å². The molecule has 1 aromatic rings.